The number of phenolic OH excluding ortho intramolecular Hbond substituents is 1. The van der Waals surface area contributed by atoms with Crippen LogP contribution in [-0.2, 0) is 19.9 Å². The van der Waals surface area contributed by atoms with Gasteiger partial charge in [-0.25, -0.2) is 0 Å². The van der Waals surface area contributed by atoms with Gasteiger partial charge in [0, 0.05) is 44.6 Å². The Morgan fingerprint density at radius 1 is 1.09 bits per heavy atom. The maximum absolute atomic E-state index is 14.3. The highest BCUT2D eigenvalue weighted by Crippen LogP contribution is 2.51. The van der Waals surface area contributed by atoms with Gasteiger partial charge in [-0.3, -0.25) is 9.59 Å². The number of carbonyl (C=O) groups excluding carboxylic acids is 2. The van der Waals surface area contributed by atoms with E-state index in [2.05, 4.69) is 5.32 Å². The standard InChI is InChI=1S/C25H27F3N2O4/c1-34-24(25(26,27)28,17-7-3-2-4-8-17)22(33)30-13-11-23(12-14-30)15-21(32)29-16-19(23)18-9-5-6-10-20(18)31/h2-10,19,31H,11-16H2,1H3,(H,29,32)/t19?,24-/m1/s1. The molecule has 6 nitrogen and oxygen atoms in total. The van der Waals surface area contributed by atoms with Crippen LogP contribution < -0.4 is 5.32 Å². The lowest BCUT2D eigenvalue weighted by Crippen LogP contribution is -2.60. The smallest absolute Gasteiger partial charge is 0.430 e. The van der Waals surface area contributed by atoms with Gasteiger partial charge in [0.2, 0.25) is 5.91 Å². The fourth-order valence-electron chi connectivity index (χ4n) is 5.47. The quantitative estimate of drug-likeness (QED) is 0.705. The minimum atomic E-state index is -4.97. The summed E-state index contributed by atoms with van der Waals surface area (Å²) in [6.07, 6.45) is -4.13. The topological polar surface area (TPSA) is 78.9 Å². The van der Waals surface area contributed by atoms with Crippen LogP contribution >= 0.6 is 0 Å². The Morgan fingerprint density at radius 2 is 1.71 bits per heavy atom. The van der Waals surface area contributed by atoms with Crippen molar-refractivity contribution < 1.29 is 32.6 Å². The van der Waals surface area contributed by atoms with Crippen LogP contribution in [-0.4, -0.2) is 54.7 Å². The largest absolute Gasteiger partial charge is 0.508 e. The number of ether oxygens (including phenoxy) is 1. The summed E-state index contributed by atoms with van der Waals surface area (Å²) in [6, 6.07) is 13.8. The molecule has 2 atom stereocenters. The van der Waals surface area contributed by atoms with E-state index < -0.39 is 23.1 Å². The summed E-state index contributed by atoms with van der Waals surface area (Å²) < 4.78 is 48.0. The van der Waals surface area contributed by atoms with Crippen molar-refractivity contribution in [2.45, 2.75) is 37.0 Å². The Hall–Kier alpha value is -3.07. The van der Waals surface area contributed by atoms with E-state index in [0.29, 0.717) is 24.9 Å². The van der Waals surface area contributed by atoms with Gasteiger partial charge in [-0.1, -0.05) is 48.5 Å². The zero-order chi connectivity index (χ0) is 24.6. The van der Waals surface area contributed by atoms with Gasteiger partial charge in [0.05, 0.1) is 0 Å². The molecule has 0 bridgehead atoms. The molecule has 0 radical (unpaired) electrons. The second-order valence-corrected chi connectivity index (χ2v) is 9.00. The van der Waals surface area contributed by atoms with Gasteiger partial charge in [0.1, 0.15) is 5.75 Å². The number of nitrogens with one attached hydrogen (secondary N) is 1. The van der Waals surface area contributed by atoms with Crippen molar-refractivity contribution in [3.63, 3.8) is 0 Å². The third kappa shape index (κ3) is 3.91. The van der Waals surface area contributed by atoms with Crippen molar-refractivity contribution in [1.29, 1.82) is 0 Å². The molecule has 2 aliphatic heterocycles. The molecule has 2 fully saturated rings. The normalized spacial score (nSPS) is 22.2. The summed E-state index contributed by atoms with van der Waals surface area (Å²) >= 11 is 0. The van der Waals surface area contributed by atoms with Crippen LogP contribution in [0.25, 0.3) is 0 Å². The molecule has 2 amide bonds. The van der Waals surface area contributed by atoms with Crippen LogP contribution in [0.15, 0.2) is 54.6 Å². The molecule has 0 aliphatic carbocycles. The van der Waals surface area contributed by atoms with Crippen molar-refractivity contribution in [1.82, 2.24) is 10.2 Å². The molecule has 2 aliphatic rings. The molecule has 2 saturated heterocycles. The van der Waals surface area contributed by atoms with Crippen LogP contribution in [0.1, 0.15) is 36.3 Å². The summed E-state index contributed by atoms with van der Waals surface area (Å²) in [4.78, 5) is 26.9. The lowest BCUT2D eigenvalue weighted by Gasteiger charge is -2.50. The van der Waals surface area contributed by atoms with E-state index >= 15 is 0 Å². The monoisotopic (exact) mass is 476 g/mol. The van der Waals surface area contributed by atoms with Gasteiger partial charge in [-0.15, -0.1) is 0 Å². The molecular formula is C25H27F3N2O4. The Labute approximate surface area is 195 Å². The number of phenols is 1. The van der Waals surface area contributed by atoms with E-state index in [4.69, 9.17) is 4.74 Å². The van der Waals surface area contributed by atoms with Crippen molar-refractivity contribution in [2.75, 3.05) is 26.7 Å². The summed E-state index contributed by atoms with van der Waals surface area (Å²) in [7, 11) is 0.892. The van der Waals surface area contributed by atoms with E-state index in [1.807, 2.05) is 0 Å². The highest BCUT2D eigenvalue weighted by atomic mass is 19.4. The molecular weight excluding hydrogens is 449 g/mol. The van der Waals surface area contributed by atoms with Crippen LogP contribution in [0.3, 0.4) is 0 Å². The first kappa shape index (κ1) is 24.1. The molecule has 2 aromatic rings. The minimum absolute atomic E-state index is 0.0459. The molecule has 4 rings (SSSR count). The molecule has 2 N–H and O–H groups in total. The average molecular weight is 476 g/mol. The van der Waals surface area contributed by atoms with Crippen molar-refractivity contribution in [2.24, 2.45) is 5.41 Å². The predicted molar refractivity (Wildman–Crippen MR) is 118 cm³/mol. The number of hydrogen-bond donors (Lipinski definition) is 2. The fraction of sp³-hybridized carbons (Fsp3) is 0.440. The lowest BCUT2D eigenvalue weighted by molar-refractivity contribution is -0.271. The Kier molecular flexibility index (Phi) is 6.33. The van der Waals surface area contributed by atoms with E-state index in [0.717, 1.165) is 7.11 Å². The minimum Gasteiger partial charge on any atom is -0.508 e. The number of para-hydroxylation sites is 1. The van der Waals surface area contributed by atoms with Crippen molar-refractivity contribution in [3.8, 4) is 5.75 Å². The highest BCUT2D eigenvalue weighted by molar-refractivity contribution is 5.88. The van der Waals surface area contributed by atoms with Crippen LogP contribution in [0, 0.1) is 5.41 Å². The third-order valence-electron chi connectivity index (χ3n) is 7.30. The maximum atomic E-state index is 14.3. The molecule has 2 aromatic carbocycles. The van der Waals surface area contributed by atoms with Gasteiger partial charge in [-0.2, -0.15) is 13.2 Å². The number of likely N-dealkylation sites (tertiary alicyclic amines) is 1. The number of rotatable bonds is 4. The third-order valence-corrected chi connectivity index (χ3v) is 7.30. The first-order chi connectivity index (χ1) is 16.1. The first-order valence-corrected chi connectivity index (χ1v) is 11.2. The average Bonchev–Trinajstić information content (AvgIpc) is 2.81. The van der Waals surface area contributed by atoms with Crippen molar-refractivity contribution in [3.05, 3.63) is 65.7 Å². The number of methoxy groups -OCH3 is 1. The summed E-state index contributed by atoms with van der Waals surface area (Å²) in [5, 5.41) is 13.3. The molecule has 1 unspecified atom stereocenters. The molecule has 34 heavy (non-hydrogen) atoms. The zero-order valence-electron chi connectivity index (χ0n) is 18.8. The van der Waals surface area contributed by atoms with Gasteiger partial charge >= 0.3 is 6.18 Å². The Morgan fingerprint density at radius 3 is 2.29 bits per heavy atom. The second kappa shape index (κ2) is 8.94. The van der Waals surface area contributed by atoms with Crippen LogP contribution in [0.5, 0.6) is 5.75 Å². The number of amides is 2. The summed E-state index contributed by atoms with van der Waals surface area (Å²) in [5.41, 5.74) is -3.27. The van der Waals surface area contributed by atoms with Gasteiger partial charge in [0.25, 0.3) is 11.5 Å². The number of carbonyl (C=O) groups is 2. The zero-order valence-corrected chi connectivity index (χ0v) is 18.8. The first-order valence-electron chi connectivity index (χ1n) is 11.2. The number of aromatic hydroxyl groups is 1. The molecule has 0 saturated carbocycles. The Balaban J connectivity index is 1.63. The molecule has 2 heterocycles. The SMILES string of the molecule is CO[C@@](C(=O)N1CCC2(CC1)CC(=O)NCC2c1ccccc1O)(c1ccccc1)C(F)(F)F. The summed E-state index contributed by atoms with van der Waals surface area (Å²) in [6.45, 7) is 0.410. The van der Waals surface area contributed by atoms with E-state index in [-0.39, 0.29) is 42.6 Å². The number of benzene rings is 2. The van der Waals surface area contributed by atoms with E-state index in [1.54, 1.807) is 30.3 Å². The molecule has 0 aromatic heterocycles. The van der Waals surface area contributed by atoms with Gasteiger partial charge in [0.15, 0.2) is 0 Å². The molecule has 1 spiro atoms. The fourth-order valence-corrected chi connectivity index (χ4v) is 5.47. The van der Waals surface area contributed by atoms with Gasteiger partial charge < -0.3 is 20.1 Å². The molecule has 182 valence electrons. The number of halogens is 3. The maximum Gasteiger partial charge on any atom is 0.430 e. The summed E-state index contributed by atoms with van der Waals surface area (Å²) in [5.74, 6) is -1.41. The van der Waals surface area contributed by atoms with E-state index in [9.17, 15) is 27.9 Å². The van der Waals surface area contributed by atoms with E-state index in [1.165, 1.54) is 29.2 Å². The molecule has 9 heteroatoms. The highest BCUT2D eigenvalue weighted by Gasteiger charge is 2.64. The number of hydrogen-bond acceptors (Lipinski definition) is 4. The van der Waals surface area contributed by atoms with Crippen LogP contribution in [0.4, 0.5) is 13.2 Å². The number of nitrogens with zero attached hydrogens (tertiary/aromatic N) is 1. The van der Waals surface area contributed by atoms with Crippen LogP contribution in [0.2, 0.25) is 0 Å². The Bertz CT molecular complexity index is 1050. The number of alkyl halides is 3. The second-order valence-electron chi connectivity index (χ2n) is 9.00. The predicted octanol–water partition coefficient (Wildman–Crippen LogP) is 3.71. The number of piperidine rings is 2. The lowest BCUT2D eigenvalue weighted by atomic mass is 9.62. The van der Waals surface area contributed by atoms with Crippen molar-refractivity contribution >= 4 is 11.8 Å². The van der Waals surface area contributed by atoms with Gasteiger partial charge in [-0.05, 0) is 29.9 Å².